The Balaban J connectivity index is 2.00. The Bertz CT molecular complexity index is 565. The highest BCUT2D eigenvalue weighted by atomic mass is 16.5. The highest BCUT2D eigenvalue weighted by molar-refractivity contribution is 5.78. The molecule has 0 aliphatic carbocycles. The van der Waals surface area contributed by atoms with E-state index in [1.165, 1.54) is 0 Å². The van der Waals surface area contributed by atoms with E-state index in [2.05, 4.69) is 10.2 Å². The fraction of sp³-hybridized carbons (Fsp3) is 0.632. The van der Waals surface area contributed by atoms with Gasteiger partial charge in [-0.15, -0.1) is 0 Å². The summed E-state index contributed by atoms with van der Waals surface area (Å²) in [5, 5.41) is 14.1. The average Bonchev–Trinajstić information content (AvgIpc) is 2.49. The van der Waals surface area contributed by atoms with E-state index in [4.69, 9.17) is 4.74 Å². The fourth-order valence-corrected chi connectivity index (χ4v) is 3.32. The smallest absolute Gasteiger partial charge is 0.234 e. The molecule has 1 aromatic rings. The summed E-state index contributed by atoms with van der Waals surface area (Å²) in [6, 6.07) is 7.61. The molecule has 24 heavy (non-hydrogen) atoms. The van der Waals surface area contributed by atoms with Crippen LogP contribution in [0.1, 0.15) is 39.7 Å². The summed E-state index contributed by atoms with van der Waals surface area (Å²) >= 11 is 0. The number of aliphatic hydroxyl groups is 1. The van der Waals surface area contributed by atoms with Crippen molar-refractivity contribution in [2.75, 3.05) is 26.7 Å². The SMILES string of the molecule is COc1ccc([C@@]2(O)CCN(CC(=O)NC(C)(C)C)C[C@H]2C)cc1. The molecule has 5 nitrogen and oxygen atoms in total. The number of ether oxygens (including phenoxy) is 1. The van der Waals surface area contributed by atoms with Gasteiger partial charge >= 0.3 is 0 Å². The second-order valence-corrected chi connectivity index (χ2v) is 7.84. The Morgan fingerprint density at radius 3 is 2.50 bits per heavy atom. The monoisotopic (exact) mass is 334 g/mol. The number of nitrogens with one attached hydrogen (secondary N) is 1. The first-order valence-corrected chi connectivity index (χ1v) is 8.54. The van der Waals surface area contributed by atoms with Gasteiger partial charge in [0.1, 0.15) is 5.75 Å². The molecule has 1 heterocycles. The molecule has 1 fully saturated rings. The van der Waals surface area contributed by atoms with Crippen molar-refractivity contribution in [3.63, 3.8) is 0 Å². The van der Waals surface area contributed by atoms with Crippen molar-refractivity contribution < 1.29 is 14.6 Å². The van der Waals surface area contributed by atoms with Gasteiger partial charge in [0, 0.05) is 24.5 Å². The zero-order chi connectivity index (χ0) is 18.0. The molecule has 1 amide bonds. The molecule has 0 spiro atoms. The molecule has 1 saturated heterocycles. The van der Waals surface area contributed by atoms with Crippen LogP contribution in [0.15, 0.2) is 24.3 Å². The summed E-state index contributed by atoms with van der Waals surface area (Å²) in [7, 11) is 1.63. The van der Waals surface area contributed by atoms with Crippen LogP contribution < -0.4 is 10.1 Å². The molecular formula is C19H30N2O3. The van der Waals surface area contributed by atoms with Crippen molar-refractivity contribution in [2.24, 2.45) is 5.92 Å². The Kier molecular flexibility index (Phi) is 5.56. The van der Waals surface area contributed by atoms with Gasteiger partial charge in [0.25, 0.3) is 0 Å². The second kappa shape index (κ2) is 7.11. The average molecular weight is 334 g/mol. The minimum atomic E-state index is -0.858. The lowest BCUT2D eigenvalue weighted by atomic mass is 9.77. The fourth-order valence-electron chi connectivity index (χ4n) is 3.32. The maximum Gasteiger partial charge on any atom is 0.234 e. The third-order valence-corrected chi connectivity index (χ3v) is 4.63. The zero-order valence-corrected chi connectivity index (χ0v) is 15.4. The molecule has 1 aromatic carbocycles. The highest BCUT2D eigenvalue weighted by Gasteiger charge is 2.40. The summed E-state index contributed by atoms with van der Waals surface area (Å²) in [6.45, 7) is 9.74. The number of hydrogen-bond donors (Lipinski definition) is 2. The summed E-state index contributed by atoms with van der Waals surface area (Å²) in [5.74, 6) is 0.859. The van der Waals surface area contributed by atoms with Crippen molar-refractivity contribution in [1.82, 2.24) is 10.2 Å². The lowest BCUT2D eigenvalue weighted by Crippen LogP contribution is -2.52. The first-order chi connectivity index (χ1) is 11.1. The van der Waals surface area contributed by atoms with Crippen LogP contribution in [0, 0.1) is 5.92 Å². The van der Waals surface area contributed by atoms with Crippen molar-refractivity contribution in [1.29, 1.82) is 0 Å². The molecule has 1 aliphatic heterocycles. The number of rotatable bonds is 4. The third kappa shape index (κ3) is 4.48. The van der Waals surface area contributed by atoms with Crippen LogP contribution in [0.25, 0.3) is 0 Å². The number of nitrogens with zero attached hydrogens (tertiary/aromatic N) is 1. The van der Waals surface area contributed by atoms with Gasteiger partial charge in [0.15, 0.2) is 0 Å². The van der Waals surface area contributed by atoms with Gasteiger partial charge in [-0.2, -0.15) is 0 Å². The van der Waals surface area contributed by atoms with E-state index in [1.54, 1.807) is 7.11 Å². The van der Waals surface area contributed by atoms with Gasteiger partial charge in [0.05, 0.1) is 19.3 Å². The van der Waals surface area contributed by atoms with E-state index in [1.807, 2.05) is 52.0 Å². The van der Waals surface area contributed by atoms with Crippen LogP contribution >= 0.6 is 0 Å². The van der Waals surface area contributed by atoms with Gasteiger partial charge in [0.2, 0.25) is 5.91 Å². The topological polar surface area (TPSA) is 61.8 Å². The Morgan fingerprint density at radius 1 is 1.38 bits per heavy atom. The molecule has 1 aliphatic rings. The maximum atomic E-state index is 12.1. The van der Waals surface area contributed by atoms with E-state index in [9.17, 15) is 9.90 Å². The van der Waals surface area contributed by atoms with Gasteiger partial charge in [-0.1, -0.05) is 19.1 Å². The Hall–Kier alpha value is -1.59. The zero-order valence-electron chi connectivity index (χ0n) is 15.4. The first kappa shape index (κ1) is 18.7. The third-order valence-electron chi connectivity index (χ3n) is 4.63. The van der Waals surface area contributed by atoms with Crippen LogP contribution in [-0.2, 0) is 10.4 Å². The number of likely N-dealkylation sites (tertiary alicyclic amines) is 1. The van der Waals surface area contributed by atoms with E-state index in [0.717, 1.165) is 11.3 Å². The molecule has 2 N–H and O–H groups in total. The summed E-state index contributed by atoms with van der Waals surface area (Å²) in [6.07, 6.45) is 0.614. The van der Waals surface area contributed by atoms with Crippen molar-refractivity contribution in [3.8, 4) is 5.75 Å². The number of hydrogen-bond acceptors (Lipinski definition) is 4. The summed E-state index contributed by atoms with van der Waals surface area (Å²) in [5.41, 5.74) is -0.166. The van der Waals surface area contributed by atoms with Gasteiger partial charge < -0.3 is 15.2 Å². The van der Waals surface area contributed by atoms with Crippen molar-refractivity contribution >= 4 is 5.91 Å². The molecule has 2 rings (SSSR count). The predicted molar refractivity (Wildman–Crippen MR) is 95.0 cm³/mol. The normalized spacial score (nSPS) is 25.3. The second-order valence-electron chi connectivity index (χ2n) is 7.84. The number of benzene rings is 1. The lowest BCUT2D eigenvalue weighted by molar-refractivity contribution is -0.126. The first-order valence-electron chi connectivity index (χ1n) is 8.54. The summed E-state index contributed by atoms with van der Waals surface area (Å²) in [4.78, 5) is 14.2. The van der Waals surface area contributed by atoms with Crippen molar-refractivity contribution in [2.45, 2.75) is 45.3 Å². The lowest BCUT2D eigenvalue weighted by Gasteiger charge is -2.43. The van der Waals surface area contributed by atoms with E-state index < -0.39 is 5.60 Å². The maximum absolute atomic E-state index is 12.1. The van der Waals surface area contributed by atoms with Crippen LogP contribution in [0.4, 0.5) is 0 Å². The van der Waals surface area contributed by atoms with Gasteiger partial charge in [-0.25, -0.2) is 0 Å². The van der Waals surface area contributed by atoms with Crippen LogP contribution in [0.5, 0.6) is 5.75 Å². The predicted octanol–water partition coefficient (Wildman–Crippen LogP) is 2.14. The number of carbonyl (C=O) groups is 1. The van der Waals surface area contributed by atoms with E-state index >= 15 is 0 Å². The Labute approximate surface area is 145 Å². The molecule has 2 atom stereocenters. The number of amides is 1. The quantitative estimate of drug-likeness (QED) is 0.886. The van der Waals surface area contributed by atoms with Crippen LogP contribution in [-0.4, -0.2) is 48.2 Å². The minimum Gasteiger partial charge on any atom is -0.497 e. The molecule has 0 aromatic heterocycles. The molecule has 134 valence electrons. The van der Waals surface area contributed by atoms with E-state index in [0.29, 0.717) is 26.1 Å². The highest BCUT2D eigenvalue weighted by Crippen LogP contribution is 2.37. The standard InChI is InChI=1S/C19H30N2O3/c1-14-12-21(13-17(22)20-18(2,3)4)11-10-19(14,23)15-6-8-16(24-5)9-7-15/h6-9,14,23H,10-13H2,1-5H3,(H,20,22)/t14-,19-/m1/s1. The number of methoxy groups -OCH3 is 1. The number of piperidine rings is 1. The number of carbonyl (C=O) groups excluding carboxylic acids is 1. The molecular weight excluding hydrogens is 304 g/mol. The van der Waals surface area contributed by atoms with E-state index in [-0.39, 0.29) is 17.4 Å². The van der Waals surface area contributed by atoms with Crippen LogP contribution in [0.2, 0.25) is 0 Å². The minimum absolute atomic E-state index is 0.0320. The largest absolute Gasteiger partial charge is 0.497 e. The molecule has 5 heteroatoms. The molecule has 0 unspecified atom stereocenters. The van der Waals surface area contributed by atoms with Crippen molar-refractivity contribution in [3.05, 3.63) is 29.8 Å². The van der Waals surface area contributed by atoms with Gasteiger partial charge in [-0.05, 0) is 44.9 Å². The van der Waals surface area contributed by atoms with Gasteiger partial charge in [-0.3, -0.25) is 9.69 Å². The van der Waals surface area contributed by atoms with Crippen LogP contribution in [0.3, 0.4) is 0 Å². The molecule has 0 saturated carbocycles. The Morgan fingerprint density at radius 2 is 2.00 bits per heavy atom. The molecule has 0 bridgehead atoms. The summed E-state index contributed by atoms with van der Waals surface area (Å²) < 4.78 is 5.18. The molecule has 0 radical (unpaired) electrons.